The zero-order valence-electron chi connectivity index (χ0n) is 18.4. The molecular formula is C28H24O5. The number of rotatable bonds is 7. The van der Waals surface area contributed by atoms with Gasteiger partial charge in [0.2, 0.25) is 0 Å². The molecule has 33 heavy (non-hydrogen) atoms. The molecule has 1 aliphatic rings. The summed E-state index contributed by atoms with van der Waals surface area (Å²) in [5.74, 6) is -1.84. The summed E-state index contributed by atoms with van der Waals surface area (Å²) in [7, 11) is 2.84. The zero-order chi connectivity index (χ0) is 23.2. The standard InChI is InChI=1S/C28H24O5/c1-31-26-22(18-19-12-6-3-7-13-19)33-28(30)25(26)23(20-14-8-4-9-15-20)24(27(29)32-2)21-16-10-5-11-17-21/h3-18,23-24H,1-2H3. The highest BCUT2D eigenvalue weighted by atomic mass is 16.6. The van der Waals surface area contributed by atoms with Crippen LogP contribution in [-0.4, -0.2) is 26.2 Å². The van der Waals surface area contributed by atoms with E-state index in [1.807, 2.05) is 91.0 Å². The van der Waals surface area contributed by atoms with Gasteiger partial charge in [-0.25, -0.2) is 4.79 Å². The first kappa shape index (κ1) is 22.1. The van der Waals surface area contributed by atoms with E-state index in [1.165, 1.54) is 14.2 Å². The van der Waals surface area contributed by atoms with Crippen LogP contribution < -0.4 is 0 Å². The fraction of sp³-hybridized carbons (Fsp3) is 0.143. The van der Waals surface area contributed by atoms with Gasteiger partial charge in [-0.3, -0.25) is 4.79 Å². The number of cyclic esters (lactones) is 1. The number of methoxy groups -OCH3 is 2. The van der Waals surface area contributed by atoms with Crippen molar-refractivity contribution in [1.29, 1.82) is 0 Å². The molecule has 0 aliphatic carbocycles. The number of esters is 2. The Balaban J connectivity index is 1.93. The van der Waals surface area contributed by atoms with Crippen molar-refractivity contribution >= 4 is 18.0 Å². The Labute approximate surface area is 192 Å². The van der Waals surface area contributed by atoms with Crippen molar-refractivity contribution in [1.82, 2.24) is 0 Å². The third-order valence-electron chi connectivity index (χ3n) is 5.61. The van der Waals surface area contributed by atoms with Crippen LogP contribution in [0, 0.1) is 0 Å². The second-order valence-corrected chi connectivity index (χ2v) is 7.56. The highest BCUT2D eigenvalue weighted by Gasteiger charge is 2.44. The van der Waals surface area contributed by atoms with Crippen molar-refractivity contribution in [3.63, 3.8) is 0 Å². The molecule has 0 fully saturated rings. The summed E-state index contributed by atoms with van der Waals surface area (Å²) in [6.45, 7) is 0. The van der Waals surface area contributed by atoms with Gasteiger partial charge in [0.05, 0.1) is 25.7 Å². The van der Waals surface area contributed by atoms with Gasteiger partial charge in [-0.05, 0) is 22.8 Å². The molecule has 0 saturated heterocycles. The van der Waals surface area contributed by atoms with E-state index in [9.17, 15) is 9.59 Å². The van der Waals surface area contributed by atoms with Crippen LogP contribution in [0.3, 0.4) is 0 Å². The maximum Gasteiger partial charge on any atom is 0.344 e. The van der Waals surface area contributed by atoms with E-state index in [4.69, 9.17) is 14.2 Å². The minimum Gasteiger partial charge on any atom is -0.492 e. The maximum atomic E-state index is 13.3. The van der Waals surface area contributed by atoms with E-state index in [0.29, 0.717) is 11.5 Å². The molecule has 0 bridgehead atoms. The maximum absolute atomic E-state index is 13.3. The summed E-state index contributed by atoms with van der Waals surface area (Å²) < 4.78 is 16.5. The molecule has 5 nitrogen and oxygen atoms in total. The van der Waals surface area contributed by atoms with Gasteiger partial charge in [0, 0.05) is 5.92 Å². The van der Waals surface area contributed by atoms with Gasteiger partial charge in [0.15, 0.2) is 11.5 Å². The summed E-state index contributed by atoms with van der Waals surface area (Å²) in [6, 6.07) is 28.2. The molecule has 1 aliphatic heterocycles. The van der Waals surface area contributed by atoms with Crippen LogP contribution in [0.4, 0.5) is 0 Å². The lowest BCUT2D eigenvalue weighted by atomic mass is 9.76. The summed E-state index contributed by atoms with van der Waals surface area (Å²) in [4.78, 5) is 26.4. The predicted octanol–water partition coefficient (Wildman–Crippen LogP) is 5.23. The fourth-order valence-corrected chi connectivity index (χ4v) is 4.14. The molecule has 0 saturated carbocycles. The molecule has 4 rings (SSSR count). The Hall–Kier alpha value is -4.12. The van der Waals surface area contributed by atoms with Gasteiger partial charge in [0.25, 0.3) is 0 Å². The molecule has 0 N–H and O–H groups in total. The first-order valence-electron chi connectivity index (χ1n) is 10.6. The van der Waals surface area contributed by atoms with E-state index in [-0.39, 0.29) is 5.57 Å². The Kier molecular flexibility index (Phi) is 6.69. The quantitative estimate of drug-likeness (QED) is 0.471. The third-order valence-corrected chi connectivity index (χ3v) is 5.61. The van der Waals surface area contributed by atoms with E-state index < -0.39 is 23.8 Å². The van der Waals surface area contributed by atoms with Crippen LogP contribution in [-0.2, 0) is 23.8 Å². The number of benzene rings is 3. The Morgan fingerprint density at radius 2 is 1.36 bits per heavy atom. The number of hydrogen-bond donors (Lipinski definition) is 0. The summed E-state index contributed by atoms with van der Waals surface area (Å²) in [5.41, 5.74) is 2.65. The van der Waals surface area contributed by atoms with Gasteiger partial charge < -0.3 is 14.2 Å². The molecular weight excluding hydrogens is 416 g/mol. The minimum atomic E-state index is -0.776. The van der Waals surface area contributed by atoms with E-state index in [2.05, 4.69) is 0 Å². The number of hydrogen-bond acceptors (Lipinski definition) is 5. The summed E-state index contributed by atoms with van der Waals surface area (Å²) in [6.07, 6.45) is 1.75. The fourth-order valence-electron chi connectivity index (χ4n) is 4.14. The third kappa shape index (κ3) is 4.58. The normalized spacial score (nSPS) is 16.3. The molecule has 3 aromatic carbocycles. The largest absolute Gasteiger partial charge is 0.492 e. The van der Waals surface area contributed by atoms with Crippen LogP contribution in [0.25, 0.3) is 6.08 Å². The van der Waals surface area contributed by atoms with Crippen molar-refractivity contribution < 1.29 is 23.8 Å². The van der Waals surface area contributed by atoms with Crippen molar-refractivity contribution in [2.45, 2.75) is 11.8 Å². The van der Waals surface area contributed by atoms with E-state index in [0.717, 1.165) is 16.7 Å². The Morgan fingerprint density at radius 1 is 0.818 bits per heavy atom. The lowest BCUT2D eigenvalue weighted by Gasteiger charge is -2.26. The van der Waals surface area contributed by atoms with Crippen LogP contribution in [0.15, 0.2) is 108 Å². The number of carbonyl (C=O) groups excluding carboxylic acids is 2. The average Bonchev–Trinajstić information content (AvgIpc) is 3.17. The molecule has 2 unspecified atom stereocenters. The second-order valence-electron chi connectivity index (χ2n) is 7.56. The summed E-state index contributed by atoms with van der Waals surface area (Å²) >= 11 is 0. The molecule has 1 heterocycles. The molecule has 3 aromatic rings. The molecule has 2 atom stereocenters. The van der Waals surface area contributed by atoms with Crippen molar-refractivity contribution in [3.05, 3.63) is 125 Å². The van der Waals surface area contributed by atoms with Crippen LogP contribution in [0.5, 0.6) is 0 Å². The lowest BCUT2D eigenvalue weighted by molar-refractivity contribution is -0.143. The molecule has 0 amide bonds. The van der Waals surface area contributed by atoms with Crippen LogP contribution >= 0.6 is 0 Å². The van der Waals surface area contributed by atoms with Gasteiger partial charge in [-0.15, -0.1) is 0 Å². The molecule has 166 valence electrons. The van der Waals surface area contributed by atoms with Gasteiger partial charge in [-0.2, -0.15) is 0 Å². The first-order valence-corrected chi connectivity index (χ1v) is 10.6. The molecule has 0 aromatic heterocycles. The number of carbonyl (C=O) groups is 2. The van der Waals surface area contributed by atoms with Gasteiger partial charge in [-0.1, -0.05) is 91.0 Å². The molecule has 5 heteroatoms. The topological polar surface area (TPSA) is 61.8 Å². The Morgan fingerprint density at radius 3 is 1.91 bits per heavy atom. The second kappa shape index (κ2) is 10.0. The summed E-state index contributed by atoms with van der Waals surface area (Å²) in [5, 5.41) is 0. The first-order chi connectivity index (χ1) is 16.1. The predicted molar refractivity (Wildman–Crippen MR) is 125 cm³/mol. The van der Waals surface area contributed by atoms with E-state index in [1.54, 1.807) is 6.08 Å². The SMILES string of the molecule is COC(=O)C(c1ccccc1)C(C1=C(OC)C(=Cc2ccccc2)OC1=O)c1ccccc1. The van der Waals surface area contributed by atoms with Crippen molar-refractivity contribution in [3.8, 4) is 0 Å². The van der Waals surface area contributed by atoms with E-state index >= 15 is 0 Å². The molecule has 0 radical (unpaired) electrons. The highest BCUT2D eigenvalue weighted by Crippen LogP contribution is 2.45. The van der Waals surface area contributed by atoms with Crippen molar-refractivity contribution in [2.24, 2.45) is 0 Å². The average molecular weight is 440 g/mol. The number of ether oxygens (including phenoxy) is 3. The minimum absolute atomic E-state index is 0.283. The van der Waals surface area contributed by atoms with Gasteiger partial charge in [0.1, 0.15) is 0 Å². The van der Waals surface area contributed by atoms with Crippen LogP contribution in [0.1, 0.15) is 28.5 Å². The van der Waals surface area contributed by atoms with Gasteiger partial charge >= 0.3 is 11.9 Å². The van der Waals surface area contributed by atoms with Crippen LogP contribution in [0.2, 0.25) is 0 Å². The molecule has 0 spiro atoms. The lowest BCUT2D eigenvalue weighted by Crippen LogP contribution is -2.26. The highest BCUT2D eigenvalue weighted by molar-refractivity contribution is 5.98. The Bertz CT molecular complexity index is 1180. The smallest absolute Gasteiger partial charge is 0.344 e. The van der Waals surface area contributed by atoms with Crippen molar-refractivity contribution in [2.75, 3.05) is 14.2 Å². The monoisotopic (exact) mass is 440 g/mol. The zero-order valence-corrected chi connectivity index (χ0v) is 18.4.